The number of anilines is 1. The number of esters is 1. The lowest BCUT2D eigenvalue weighted by Crippen LogP contribution is -2.43. The first-order valence-electron chi connectivity index (χ1n) is 11.4. The van der Waals surface area contributed by atoms with Gasteiger partial charge in [0.15, 0.2) is 0 Å². The molecule has 0 bridgehead atoms. The number of fused-ring (bicyclic) bond motifs is 1. The molecule has 3 N–H and O–H groups in total. The molecule has 2 aromatic carbocycles. The molecule has 8 nitrogen and oxygen atoms in total. The number of benzene rings is 2. The number of amides is 2. The average molecular weight is 549 g/mol. The van der Waals surface area contributed by atoms with E-state index in [1.54, 1.807) is 18.3 Å². The van der Waals surface area contributed by atoms with Crippen molar-refractivity contribution in [1.82, 2.24) is 15.3 Å². The Morgan fingerprint density at radius 2 is 1.69 bits per heavy atom. The van der Waals surface area contributed by atoms with E-state index in [1.165, 1.54) is 0 Å². The second kappa shape index (κ2) is 12.1. The highest BCUT2D eigenvalue weighted by molar-refractivity contribution is 9.10. The SMILES string of the molecule is O=C(CCC(=O)NC(Cc1c[nH]c2ccccc12)C(=O)OCc1ccccc1)Nc1ccc(Br)cn1. The Labute approximate surface area is 216 Å². The first-order chi connectivity index (χ1) is 17.5. The molecule has 0 saturated heterocycles. The van der Waals surface area contributed by atoms with E-state index in [2.05, 4.69) is 36.5 Å². The number of aromatic amines is 1. The number of ether oxygens (including phenoxy) is 1. The molecular formula is C27H25BrN4O4. The van der Waals surface area contributed by atoms with Gasteiger partial charge in [-0.15, -0.1) is 0 Å². The van der Waals surface area contributed by atoms with Crippen LogP contribution in [-0.4, -0.2) is 33.8 Å². The fourth-order valence-corrected chi connectivity index (χ4v) is 3.93. The second-order valence-electron chi connectivity index (χ2n) is 8.19. The number of rotatable bonds is 10. The van der Waals surface area contributed by atoms with Crippen molar-refractivity contribution in [3.8, 4) is 0 Å². The molecule has 0 radical (unpaired) electrons. The first kappa shape index (κ1) is 25.1. The number of hydrogen-bond acceptors (Lipinski definition) is 5. The Balaban J connectivity index is 1.38. The molecule has 184 valence electrons. The number of carbonyl (C=O) groups is 3. The maximum absolute atomic E-state index is 13.0. The summed E-state index contributed by atoms with van der Waals surface area (Å²) >= 11 is 3.29. The van der Waals surface area contributed by atoms with Crippen LogP contribution in [0.4, 0.5) is 5.82 Å². The van der Waals surface area contributed by atoms with E-state index in [0.29, 0.717) is 5.82 Å². The highest BCUT2D eigenvalue weighted by atomic mass is 79.9. The molecular weight excluding hydrogens is 524 g/mol. The van der Waals surface area contributed by atoms with Crippen LogP contribution < -0.4 is 10.6 Å². The van der Waals surface area contributed by atoms with Crippen molar-refractivity contribution in [2.75, 3.05) is 5.32 Å². The quantitative estimate of drug-likeness (QED) is 0.252. The zero-order chi connectivity index (χ0) is 25.3. The molecule has 0 saturated carbocycles. The third-order valence-corrected chi connectivity index (χ3v) is 5.99. The molecule has 0 aliphatic rings. The predicted molar refractivity (Wildman–Crippen MR) is 140 cm³/mol. The number of nitrogens with zero attached hydrogens (tertiary/aromatic N) is 1. The summed E-state index contributed by atoms with van der Waals surface area (Å²) in [4.78, 5) is 45.2. The van der Waals surface area contributed by atoms with Gasteiger partial charge >= 0.3 is 5.97 Å². The summed E-state index contributed by atoms with van der Waals surface area (Å²) in [5, 5.41) is 6.37. The van der Waals surface area contributed by atoms with Crippen molar-refractivity contribution >= 4 is 50.4 Å². The van der Waals surface area contributed by atoms with Gasteiger partial charge in [-0.2, -0.15) is 0 Å². The molecule has 0 aliphatic carbocycles. The van der Waals surface area contributed by atoms with Crippen LogP contribution in [-0.2, 0) is 32.1 Å². The second-order valence-corrected chi connectivity index (χ2v) is 9.10. The lowest BCUT2D eigenvalue weighted by Gasteiger charge is -2.18. The minimum Gasteiger partial charge on any atom is -0.459 e. The van der Waals surface area contributed by atoms with Gasteiger partial charge in [0, 0.05) is 47.0 Å². The average Bonchev–Trinajstić information content (AvgIpc) is 3.30. The van der Waals surface area contributed by atoms with Crippen LogP contribution in [0.25, 0.3) is 10.9 Å². The summed E-state index contributed by atoms with van der Waals surface area (Å²) in [6.07, 6.45) is 3.51. The topological polar surface area (TPSA) is 113 Å². The molecule has 0 spiro atoms. The van der Waals surface area contributed by atoms with Crippen LogP contribution in [0.5, 0.6) is 0 Å². The van der Waals surface area contributed by atoms with Crippen molar-refractivity contribution in [1.29, 1.82) is 0 Å². The fraction of sp³-hybridized carbons (Fsp3) is 0.185. The zero-order valence-corrected chi connectivity index (χ0v) is 21.0. The monoisotopic (exact) mass is 548 g/mol. The van der Waals surface area contributed by atoms with E-state index in [0.717, 1.165) is 26.5 Å². The fourth-order valence-electron chi connectivity index (χ4n) is 3.69. The van der Waals surface area contributed by atoms with Gasteiger partial charge in [0.2, 0.25) is 11.8 Å². The first-order valence-corrected chi connectivity index (χ1v) is 12.2. The smallest absolute Gasteiger partial charge is 0.329 e. The molecule has 1 unspecified atom stereocenters. The molecule has 2 aromatic heterocycles. The van der Waals surface area contributed by atoms with E-state index in [1.807, 2.05) is 60.8 Å². The summed E-state index contributed by atoms with van der Waals surface area (Å²) in [7, 11) is 0. The number of nitrogens with one attached hydrogen (secondary N) is 3. The maximum atomic E-state index is 13.0. The van der Waals surface area contributed by atoms with Crippen LogP contribution in [0.2, 0.25) is 0 Å². The van der Waals surface area contributed by atoms with Crippen molar-refractivity contribution < 1.29 is 19.1 Å². The van der Waals surface area contributed by atoms with Gasteiger partial charge in [0.25, 0.3) is 0 Å². The third kappa shape index (κ3) is 7.02. The zero-order valence-electron chi connectivity index (χ0n) is 19.4. The number of para-hydroxylation sites is 1. The summed E-state index contributed by atoms with van der Waals surface area (Å²) in [6, 6.07) is 19.6. The van der Waals surface area contributed by atoms with Gasteiger partial charge < -0.3 is 20.4 Å². The van der Waals surface area contributed by atoms with Gasteiger partial charge in [0.05, 0.1) is 0 Å². The highest BCUT2D eigenvalue weighted by Crippen LogP contribution is 2.20. The Kier molecular flexibility index (Phi) is 8.46. The van der Waals surface area contributed by atoms with Crippen LogP contribution in [0.1, 0.15) is 24.0 Å². The largest absolute Gasteiger partial charge is 0.459 e. The lowest BCUT2D eigenvalue weighted by molar-refractivity contribution is -0.149. The number of hydrogen-bond donors (Lipinski definition) is 3. The van der Waals surface area contributed by atoms with Crippen molar-refractivity contribution in [3.05, 3.63) is 94.7 Å². The number of H-pyrrole nitrogens is 1. The van der Waals surface area contributed by atoms with Crippen LogP contribution in [0.15, 0.2) is 83.6 Å². The van der Waals surface area contributed by atoms with Crippen molar-refractivity contribution in [2.45, 2.75) is 31.9 Å². The maximum Gasteiger partial charge on any atom is 0.329 e. The van der Waals surface area contributed by atoms with Gasteiger partial charge in [-0.1, -0.05) is 48.5 Å². The molecule has 0 fully saturated rings. The Bertz CT molecular complexity index is 1340. The number of carbonyl (C=O) groups excluding carboxylic acids is 3. The summed E-state index contributed by atoms with van der Waals surface area (Å²) in [5.74, 6) is -0.915. The Morgan fingerprint density at radius 3 is 2.47 bits per heavy atom. The number of aromatic nitrogens is 2. The molecule has 4 aromatic rings. The van der Waals surface area contributed by atoms with E-state index in [-0.39, 0.29) is 31.8 Å². The normalized spacial score (nSPS) is 11.6. The number of pyridine rings is 1. The molecule has 36 heavy (non-hydrogen) atoms. The molecule has 2 amide bonds. The van der Waals surface area contributed by atoms with Crippen molar-refractivity contribution in [2.24, 2.45) is 0 Å². The summed E-state index contributed by atoms with van der Waals surface area (Å²) in [5.41, 5.74) is 2.67. The summed E-state index contributed by atoms with van der Waals surface area (Å²) < 4.78 is 6.30. The minimum atomic E-state index is -0.906. The van der Waals surface area contributed by atoms with Crippen LogP contribution in [0.3, 0.4) is 0 Å². The van der Waals surface area contributed by atoms with E-state index in [4.69, 9.17) is 4.74 Å². The van der Waals surface area contributed by atoms with E-state index >= 15 is 0 Å². The van der Waals surface area contributed by atoms with Gasteiger partial charge in [-0.05, 0) is 45.3 Å². The summed E-state index contributed by atoms with van der Waals surface area (Å²) in [6.45, 7) is 0.0997. The standard InChI is InChI=1S/C27H25BrN4O4/c28-20-10-11-24(30-16-20)32-26(34)13-12-25(33)31-23(27(35)36-17-18-6-2-1-3-7-18)14-19-15-29-22-9-5-4-8-21(19)22/h1-11,15-16,23,29H,12-14,17H2,(H,31,33)(H,30,32,34). The van der Waals surface area contributed by atoms with Gasteiger partial charge in [0.1, 0.15) is 18.5 Å². The third-order valence-electron chi connectivity index (χ3n) is 5.52. The number of halogens is 1. The van der Waals surface area contributed by atoms with Crippen LogP contribution in [0, 0.1) is 0 Å². The predicted octanol–water partition coefficient (Wildman–Crippen LogP) is 4.52. The molecule has 9 heteroatoms. The van der Waals surface area contributed by atoms with Gasteiger partial charge in [-0.25, -0.2) is 9.78 Å². The van der Waals surface area contributed by atoms with Crippen LogP contribution >= 0.6 is 15.9 Å². The molecule has 2 heterocycles. The van der Waals surface area contributed by atoms with E-state index in [9.17, 15) is 14.4 Å². The Morgan fingerprint density at radius 1 is 0.944 bits per heavy atom. The lowest BCUT2D eigenvalue weighted by atomic mass is 10.0. The highest BCUT2D eigenvalue weighted by Gasteiger charge is 2.24. The van der Waals surface area contributed by atoms with E-state index < -0.39 is 17.9 Å². The van der Waals surface area contributed by atoms with Gasteiger partial charge in [-0.3, -0.25) is 9.59 Å². The molecule has 4 rings (SSSR count). The van der Waals surface area contributed by atoms with Crippen molar-refractivity contribution in [3.63, 3.8) is 0 Å². The Hall–Kier alpha value is -3.98. The molecule has 0 aliphatic heterocycles. The minimum absolute atomic E-state index is 0.0531. The molecule has 1 atom stereocenters.